The second-order valence-corrected chi connectivity index (χ2v) is 12.9. The van der Waals surface area contributed by atoms with Gasteiger partial charge in [-0.3, -0.25) is 0 Å². The molecule has 0 bridgehead atoms. The first kappa shape index (κ1) is 24.4. The summed E-state index contributed by atoms with van der Waals surface area (Å²) in [5, 5.41) is 10.6. The SMILES string of the molecule is c1ccc(-c2cccc(-c3cccc4cc5cc6c(cc5cc34)-c3ccc4c5c(ccc-6c35)-c3cc5ccccc5cc3-4)c2)cc1. The second kappa shape index (κ2) is 8.81. The lowest BCUT2D eigenvalue weighted by atomic mass is 9.92. The van der Waals surface area contributed by atoms with Gasteiger partial charge in [-0.1, -0.05) is 115 Å². The quantitative estimate of drug-likeness (QED) is 0.179. The van der Waals surface area contributed by atoms with Crippen LogP contribution in [0.3, 0.4) is 0 Å². The van der Waals surface area contributed by atoms with Crippen LogP contribution < -0.4 is 0 Å². The van der Waals surface area contributed by atoms with Crippen LogP contribution in [0.15, 0.2) is 158 Å². The number of rotatable bonds is 2. The maximum atomic E-state index is 2.44. The molecule has 0 saturated carbocycles. The molecular weight excluding hydrogens is 553 g/mol. The molecule has 0 nitrogen and oxygen atoms in total. The van der Waals surface area contributed by atoms with Crippen molar-refractivity contribution in [2.45, 2.75) is 0 Å². The molecule has 0 unspecified atom stereocenters. The summed E-state index contributed by atoms with van der Waals surface area (Å²) in [6.07, 6.45) is 0. The number of hydrogen-bond acceptors (Lipinski definition) is 0. The first-order valence-corrected chi connectivity index (χ1v) is 16.1. The summed E-state index contributed by atoms with van der Waals surface area (Å²) in [6.45, 7) is 0. The fourth-order valence-electron chi connectivity index (χ4n) is 8.35. The summed E-state index contributed by atoms with van der Waals surface area (Å²) >= 11 is 0. The molecule has 9 aromatic rings. The highest BCUT2D eigenvalue weighted by atomic mass is 14.3. The van der Waals surface area contributed by atoms with E-state index in [9.17, 15) is 0 Å². The molecule has 0 N–H and O–H groups in total. The fourth-order valence-corrected chi connectivity index (χ4v) is 8.35. The molecule has 0 amide bonds. The van der Waals surface area contributed by atoms with Crippen molar-refractivity contribution >= 4 is 43.1 Å². The first-order chi connectivity index (χ1) is 22.8. The third-order valence-electron chi connectivity index (χ3n) is 10.5. The molecule has 0 heterocycles. The highest BCUT2D eigenvalue weighted by Gasteiger charge is 2.29. The van der Waals surface area contributed by atoms with E-state index < -0.39 is 0 Å². The minimum atomic E-state index is 1.24. The zero-order valence-corrected chi connectivity index (χ0v) is 25.0. The predicted octanol–water partition coefficient (Wildman–Crippen LogP) is 12.9. The van der Waals surface area contributed by atoms with Crippen LogP contribution in [0.25, 0.3) is 110 Å². The Labute approximate surface area is 266 Å². The van der Waals surface area contributed by atoms with Gasteiger partial charge >= 0.3 is 0 Å². The molecule has 0 heteroatoms. The summed E-state index contributed by atoms with van der Waals surface area (Å²) in [7, 11) is 0. The van der Waals surface area contributed by atoms with Crippen molar-refractivity contribution in [3.63, 3.8) is 0 Å². The largest absolute Gasteiger partial charge is 0.0622 e. The van der Waals surface area contributed by atoms with Crippen molar-refractivity contribution in [1.29, 1.82) is 0 Å². The molecule has 0 fully saturated rings. The van der Waals surface area contributed by atoms with Gasteiger partial charge in [-0.05, 0) is 152 Å². The first-order valence-electron chi connectivity index (χ1n) is 16.1. The Morgan fingerprint density at radius 3 is 1.33 bits per heavy atom. The van der Waals surface area contributed by atoms with E-state index in [4.69, 9.17) is 0 Å². The Balaban J connectivity index is 1.11. The molecule has 2 aliphatic carbocycles. The third-order valence-corrected chi connectivity index (χ3v) is 10.5. The van der Waals surface area contributed by atoms with Crippen molar-refractivity contribution in [3.05, 3.63) is 158 Å². The minimum Gasteiger partial charge on any atom is -0.0622 e. The highest BCUT2D eigenvalue weighted by molar-refractivity contribution is 6.28. The molecular formula is C46H26. The average Bonchev–Trinajstić information content (AvgIpc) is 3.60. The van der Waals surface area contributed by atoms with Gasteiger partial charge in [0.15, 0.2) is 0 Å². The molecule has 0 saturated heterocycles. The van der Waals surface area contributed by atoms with Crippen LogP contribution in [0.1, 0.15) is 0 Å². The van der Waals surface area contributed by atoms with Crippen LogP contribution in [-0.2, 0) is 0 Å². The topological polar surface area (TPSA) is 0 Å². The second-order valence-electron chi connectivity index (χ2n) is 12.9. The summed E-state index contributed by atoms with van der Waals surface area (Å²) in [5.74, 6) is 0. The number of benzene rings is 9. The van der Waals surface area contributed by atoms with Crippen LogP contribution in [0, 0.1) is 0 Å². The maximum absolute atomic E-state index is 2.44. The highest BCUT2D eigenvalue weighted by Crippen LogP contribution is 2.57. The lowest BCUT2D eigenvalue weighted by molar-refractivity contribution is 1.60. The van der Waals surface area contributed by atoms with E-state index in [-0.39, 0.29) is 0 Å². The van der Waals surface area contributed by atoms with Gasteiger partial charge in [0, 0.05) is 0 Å². The van der Waals surface area contributed by atoms with Crippen molar-refractivity contribution < 1.29 is 0 Å². The van der Waals surface area contributed by atoms with Crippen molar-refractivity contribution in [2.24, 2.45) is 0 Å². The molecule has 210 valence electrons. The molecule has 0 radical (unpaired) electrons. The number of fused-ring (bicyclic) bond motifs is 9. The van der Waals surface area contributed by atoms with Crippen LogP contribution in [0.2, 0.25) is 0 Å². The lowest BCUT2D eigenvalue weighted by Gasteiger charge is -2.12. The molecule has 0 spiro atoms. The molecule has 46 heavy (non-hydrogen) atoms. The molecule has 9 aromatic carbocycles. The van der Waals surface area contributed by atoms with Crippen LogP contribution in [0.5, 0.6) is 0 Å². The smallest absolute Gasteiger partial charge is 0.00139 e. The summed E-state index contributed by atoms with van der Waals surface area (Å²) in [5.41, 5.74) is 15.8. The van der Waals surface area contributed by atoms with Gasteiger partial charge < -0.3 is 0 Å². The standard InChI is InChI=1S/C46H26/c1-2-8-27(9-3-1)28-12-6-13-31(20-28)35-15-7-14-32-21-33-25-43-38-18-16-36-41-22-29-10-4-5-11-30(29)23-42(41)37-17-19-39(46(38)45(36)37)44(43)26-34(33)24-40(32)35/h1-26H. The van der Waals surface area contributed by atoms with Crippen molar-refractivity contribution in [1.82, 2.24) is 0 Å². The zero-order chi connectivity index (χ0) is 29.9. The van der Waals surface area contributed by atoms with Crippen LogP contribution in [-0.4, -0.2) is 0 Å². The van der Waals surface area contributed by atoms with Gasteiger partial charge in [-0.15, -0.1) is 0 Å². The molecule has 0 aliphatic heterocycles. The Bertz CT molecular complexity index is 2730. The molecule has 0 aromatic heterocycles. The minimum absolute atomic E-state index is 1.24. The Kier molecular flexibility index (Phi) is 4.66. The Hall–Kier alpha value is -5.98. The maximum Gasteiger partial charge on any atom is -0.00139 e. The van der Waals surface area contributed by atoms with Crippen molar-refractivity contribution in [3.8, 4) is 66.8 Å². The van der Waals surface area contributed by atoms with E-state index in [2.05, 4.69) is 158 Å². The fraction of sp³-hybridized carbons (Fsp3) is 0. The zero-order valence-electron chi connectivity index (χ0n) is 25.0. The summed E-state index contributed by atoms with van der Waals surface area (Å²) in [4.78, 5) is 0. The molecule has 11 rings (SSSR count). The summed E-state index contributed by atoms with van der Waals surface area (Å²) < 4.78 is 0. The van der Waals surface area contributed by atoms with E-state index in [1.54, 1.807) is 0 Å². The summed E-state index contributed by atoms with van der Waals surface area (Å²) in [6, 6.07) is 58.9. The van der Waals surface area contributed by atoms with Crippen LogP contribution >= 0.6 is 0 Å². The van der Waals surface area contributed by atoms with E-state index in [1.165, 1.54) is 110 Å². The monoisotopic (exact) mass is 578 g/mol. The van der Waals surface area contributed by atoms with Gasteiger partial charge in [-0.25, -0.2) is 0 Å². The Morgan fingerprint density at radius 1 is 0.217 bits per heavy atom. The van der Waals surface area contributed by atoms with E-state index >= 15 is 0 Å². The van der Waals surface area contributed by atoms with E-state index in [1.807, 2.05) is 0 Å². The Morgan fingerprint density at radius 2 is 0.696 bits per heavy atom. The lowest BCUT2D eigenvalue weighted by Crippen LogP contribution is -1.86. The van der Waals surface area contributed by atoms with Crippen LogP contribution in [0.4, 0.5) is 0 Å². The molecule has 0 atom stereocenters. The van der Waals surface area contributed by atoms with Crippen molar-refractivity contribution in [2.75, 3.05) is 0 Å². The van der Waals surface area contributed by atoms with Gasteiger partial charge in [0.05, 0.1) is 0 Å². The van der Waals surface area contributed by atoms with Gasteiger partial charge in [-0.2, -0.15) is 0 Å². The van der Waals surface area contributed by atoms with E-state index in [0.29, 0.717) is 0 Å². The third kappa shape index (κ3) is 3.23. The average molecular weight is 579 g/mol. The van der Waals surface area contributed by atoms with E-state index in [0.717, 1.165) is 0 Å². The normalized spacial score (nSPS) is 12.3. The van der Waals surface area contributed by atoms with Gasteiger partial charge in [0.1, 0.15) is 0 Å². The molecule has 2 aliphatic rings. The van der Waals surface area contributed by atoms with Gasteiger partial charge in [0.2, 0.25) is 0 Å². The van der Waals surface area contributed by atoms with Gasteiger partial charge in [0.25, 0.3) is 0 Å². The number of hydrogen-bond donors (Lipinski definition) is 0. The predicted molar refractivity (Wildman–Crippen MR) is 196 cm³/mol.